The molecule has 1 aromatic carbocycles. The van der Waals surface area contributed by atoms with Crippen LogP contribution in [0, 0.1) is 24.0 Å². The third-order valence-electron chi connectivity index (χ3n) is 2.68. The largest absolute Gasteiger partial charge is 0.324 e. The number of nitro groups is 1. The van der Waals surface area contributed by atoms with Gasteiger partial charge in [-0.15, -0.1) is 0 Å². The molecule has 1 rings (SSSR count). The fraction of sp³-hybridized carbons (Fsp3) is 0.462. The summed E-state index contributed by atoms with van der Waals surface area (Å²) in [4.78, 5) is 22.1. The molecular weight excluding hydrogens is 246 g/mol. The summed E-state index contributed by atoms with van der Waals surface area (Å²) in [5, 5.41) is 16.5. The average Bonchev–Trinajstić information content (AvgIpc) is 2.29. The van der Waals surface area contributed by atoms with Gasteiger partial charge in [0.2, 0.25) is 5.91 Å². The maximum Gasteiger partial charge on any atom is 0.274 e. The van der Waals surface area contributed by atoms with Gasteiger partial charge in [0.05, 0.1) is 17.2 Å². The molecule has 0 bridgehead atoms. The first-order valence-electron chi connectivity index (χ1n) is 6.10. The third kappa shape index (κ3) is 4.33. The number of nitrogens with zero attached hydrogens (tertiary/aromatic N) is 1. The predicted molar refractivity (Wildman–Crippen MR) is 74.3 cm³/mol. The fourth-order valence-corrected chi connectivity index (χ4v) is 1.66. The van der Waals surface area contributed by atoms with E-state index in [9.17, 15) is 14.9 Å². The molecule has 1 aromatic rings. The van der Waals surface area contributed by atoms with Crippen LogP contribution in [0.4, 0.5) is 11.4 Å². The van der Waals surface area contributed by atoms with Gasteiger partial charge < -0.3 is 10.6 Å². The molecular formula is C13H19N3O3. The summed E-state index contributed by atoms with van der Waals surface area (Å²) in [5.41, 5.74) is 1.88. The summed E-state index contributed by atoms with van der Waals surface area (Å²) >= 11 is 0. The van der Waals surface area contributed by atoms with Crippen LogP contribution in [0.2, 0.25) is 0 Å². The van der Waals surface area contributed by atoms with Crippen LogP contribution in [-0.4, -0.2) is 23.4 Å². The molecule has 0 aliphatic rings. The van der Waals surface area contributed by atoms with Crippen molar-refractivity contribution in [2.24, 2.45) is 0 Å². The van der Waals surface area contributed by atoms with E-state index in [2.05, 4.69) is 10.6 Å². The Morgan fingerprint density at radius 3 is 2.47 bits per heavy atom. The van der Waals surface area contributed by atoms with Gasteiger partial charge in [-0.25, -0.2) is 0 Å². The van der Waals surface area contributed by atoms with Crippen molar-refractivity contribution in [1.29, 1.82) is 0 Å². The quantitative estimate of drug-likeness (QED) is 0.631. The minimum atomic E-state index is -0.448. The van der Waals surface area contributed by atoms with Crippen LogP contribution in [0.5, 0.6) is 0 Å². The van der Waals surface area contributed by atoms with Gasteiger partial charge in [0.1, 0.15) is 0 Å². The van der Waals surface area contributed by atoms with E-state index in [0.717, 1.165) is 5.56 Å². The molecule has 1 amide bonds. The lowest BCUT2D eigenvalue weighted by Gasteiger charge is -2.11. The standard InChI is InChI=1S/C13H19N3O3/c1-8(2)14-7-13(17)15-11-6-12(16(18)19)10(4)5-9(11)3/h5-6,8,14H,7H2,1-4H3,(H,15,17). The Balaban J connectivity index is 2.86. The number of hydrogen-bond acceptors (Lipinski definition) is 4. The molecule has 19 heavy (non-hydrogen) atoms. The van der Waals surface area contributed by atoms with E-state index in [1.165, 1.54) is 6.07 Å². The summed E-state index contributed by atoms with van der Waals surface area (Å²) in [5.74, 6) is -0.213. The lowest BCUT2D eigenvalue weighted by Crippen LogP contribution is -2.32. The van der Waals surface area contributed by atoms with Crippen molar-refractivity contribution in [2.45, 2.75) is 33.7 Å². The number of nitrogens with one attached hydrogen (secondary N) is 2. The molecule has 0 saturated heterocycles. The van der Waals surface area contributed by atoms with E-state index in [1.807, 2.05) is 20.8 Å². The summed E-state index contributed by atoms with van der Waals surface area (Å²) in [7, 11) is 0. The van der Waals surface area contributed by atoms with E-state index in [1.54, 1.807) is 13.0 Å². The molecule has 0 aromatic heterocycles. The van der Waals surface area contributed by atoms with Crippen LogP contribution >= 0.6 is 0 Å². The highest BCUT2D eigenvalue weighted by atomic mass is 16.6. The molecule has 0 radical (unpaired) electrons. The summed E-state index contributed by atoms with van der Waals surface area (Å²) in [6, 6.07) is 3.31. The summed E-state index contributed by atoms with van der Waals surface area (Å²) < 4.78 is 0. The van der Waals surface area contributed by atoms with Crippen LogP contribution < -0.4 is 10.6 Å². The topological polar surface area (TPSA) is 84.3 Å². The van der Waals surface area contributed by atoms with Crippen molar-refractivity contribution in [2.75, 3.05) is 11.9 Å². The number of rotatable bonds is 5. The Kier molecular flexibility index (Phi) is 5.00. The highest BCUT2D eigenvalue weighted by Gasteiger charge is 2.15. The van der Waals surface area contributed by atoms with E-state index < -0.39 is 4.92 Å². The molecule has 0 atom stereocenters. The normalized spacial score (nSPS) is 10.6. The van der Waals surface area contributed by atoms with Gasteiger partial charge >= 0.3 is 0 Å². The third-order valence-corrected chi connectivity index (χ3v) is 2.68. The second-order valence-electron chi connectivity index (χ2n) is 4.79. The maximum atomic E-state index is 11.7. The number of carbonyl (C=O) groups excluding carboxylic acids is 1. The smallest absolute Gasteiger partial charge is 0.274 e. The molecule has 0 saturated carbocycles. The first-order valence-corrected chi connectivity index (χ1v) is 6.10. The number of carbonyl (C=O) groups is 1. The van der Waals surface area contributed by atoms with Crippen LogP contribution in [-0.2, 0) is 4.79 Å². The van der Waals surface area contributed by atoms with Crippen LogP contribution in [0.15, 0.2) is 12.1 Å². The van der Waals surface area contributed by atoms with Gasteiger partial charge in [0.25, 0.3) is 5.69 Å². The molecule has 0 aliphatic carbocycles. The fourth-order valence-electron chi connectivity index (χ4n) is 1.66. The SMILES string of the molecule is Cc1cc(C)c([N+](=O)[O-])cc1NC(=O)CNC(C)C. The molecule has 0 spiro atoms. The number of amides is 1. The number of benzene rings is 1. The number of anilines is 1. The molecule has 6 heteroatoms. The minimum Gasteiger partial charge on any atom is -0.324 e. The van der Waals surface area contributed by atoms with Crippen molar-refractivity contribution in [3.63, 3.8) is 0 Å². The Morgan fingerprint density at radius 2 is 1.95 bits per heavy atom. The van der Waals surface area contributed by atoms with E-state index >= 15 is 0 Å². The first-order chi connectivity index (χ1) is 8.81. The van der Waals surface area contributed by atoms with Crippen LogP contribution in [0.3, 0.4) is 0 Å². The van der Waals surface area contributed by atoms with E-state index in [4.69, 9.17) is 0 Å². The molecule has 0 aliphatic heterocycles. The van der Waals surface area contributed by atoms with Crippen molar-refractivity contribution in [3.05, 3.63) is 33.4 Å². The Labute approximate surface area is 112 Å². The average molecular weight is 265 g/mol. The van der Waals surface area contributed by atoms with Crippen molar-refractivity contribution in [3.8, 4) is 0 Å². The van der Waals surface area contributed by atoms with Gasteiger partial charge in [-0.1, -0.05) is 13.8 Å². The minimum absolute atomic E-state index is 0.0118. The first kappa shape index (κ1) is 15.1. The Morgan fingerprint density at radius 1 is 1.32 bits per heavy atom. The molecule has 0 fully saturated rings. The van der Waals surface area contributed by atoms with Gasteiger partial charge in [0, 0.05) is 17.7 Å². The molecule has 0 heterocycles. The van der Waals surface area contributed by atoms with Gasteiger partial charge in [-0.05, 0) is 25.5 Å². The second kappa shape index (κ2) is 6.29. The van der Waals surface area contributed by atoms with Crippen LogP contribution in [0.1, 0.15) is 25.0 Å². The molecule has 104 valence electrons. The van der Waals surface area contributed by atoms with Gasteiger partial charge in [-0.3, -0.25) is 14.9 Å². The number of aryl methyl sites for hydroxylation is 2. The Hall–Kier alpha value is -1.95. The molecule has 2 N–H and O–H groups in total. The molecule has 0 unspecified atom stereocenters. The zero-order valence-corrected chi connectivity index (χ0v) is 11.6. The lowest BCUT2D eigenvalue weighted by molar-refractivity contribution is -0.385. The Bertz CT molecular complexity index is 498. The highest BCUT2D eigenvalue weighted by molar-refractivity contribution is 5.93. The second-order valence-corrected chi connectivity index (χ2v) is 4.79. The summed E-state index contributed by atoms with van der Waals surface area (Å²) in [6.45, 7) is 7.54. The number of hydrogen-bond donors (Lipinski definition) is 2. The van der Waals surface area contributed by atoms with Gasteiger partial charge in [-0.2, -0.15) is 0 Å². The zero-order valence-electron chi connectivity index (χ0n) is 11.6. The van der Waals surface area contributed by atoms with E-state index in [0.29, 0.717) is 11.3 Å². The molecule has 6 nitrogen and oxygen atoms in total. The van der Waals surface area contributed by atoms with Crippen molar-refractivity contribution >= 4 is 17.3 Å². The summed E-state index contributed by atoms with van der Waals surface area (Å²) in [6.07, 6.45) is 0. The zero-order chi connectivity index (χ0) is 14.6. The number of nitro benzene ring substituents is 1. The monoisotopic (exact) mass is 265 g/mol. The highest BCUT2D eigenvalue weighted by Crippen LogP contribution is 2.26. The van der Waals surface area contributed by atoms with Crippen molar-refractivity contribution < 1.29 is 9.72 Å². The maximum absolute atomic E-state index is 11.7. The lowest BCUT2D eigenvalue weighted by atomic mass is 10.1. The van der Waals surface area contributed by atoms with Gasteiger partial charge in [0.15, 0.2) is 0 Å². The predicted octanol–water partition coefficient (Wildman–Crippen LogP) is 2.15. The van der Waals surface area contributed by atoms with Crippen LogP contribution in [0.25, 0.3) is 0 Å². The van der Waals surface area contributed by atoms with Crippen molar-refractivity contribution in [1.82, 2.24) is 5.32 Å². The van der Waals surface area contributed by atoms with E-state index in [-0.39, 0.29) is 24.2 Å².